The molecule has 1 saturated heterocycles. The maximum atomic E-state index is 14.3. The van der Waals surface area contributed by atoms with Crippen molar-refractivity contribution in [3.63, 3.8) is 0 Å². The largest absolute Gasteiger partial charge is 0.451 e. The third-order valence-electron chi connectivity index (χ3n) is 6.30. The van der Waals surface area contributed by atoms with Crippen molar-refractivity contribution in [2.75, 3.05) is 43.9 Å². The van der Waals surface area contributed by atoms with Crippen LogP contribution in [0.1, 0.15) is 29.8 Å². The number of hydrogen-bond acceptors (Lipinski definition) is 8. The number of nitrogens with two attached hydrogens (primary N) is 1. The van der Waals surface area contributed by atoms with Crippen molar-refractivity contribution >= 4 is 40.2 Å². The molecule has 2 aliphatic rings. The Balaban J connectivity index is 1.33. The monoisotopic (exact) mass is 479 g/mol. The summed E-state index contributed by atoms with van der Waals surface area (Å²) in [5.41, 5.74) is 7.69. The molecule has 0 unspecified atom stereocenters. The molecule has 0 spiro atoms. The lowest BCUT2D eigenvalue weighted by molar-refractivity contribution is -0.114. The molecule has 1 aromatic carbocycles. The van der Waals surface area contributed by atoms with Crippen molar-refractivity contribution in [2.45, 2.75) is 19.3 Å². The fraction of sp³-hybridized carbons (Fsp3) is 0.333. The molecule has 0 saturated carbocycles. The summed E-state index contributed by atoms with van der Waals surface area (Å²) in [5.74, 6) is -0.862. The van der Waals surface area contributed by atoms with E-state index >= 15 is 0 Å². The minimum Gasteiger partial charge on any atom is -0.451 e. The first-order chi connectivity index (χ1) is 16.9. The maximum absolute atomic E-state index is 14.3. The van der Waals surface area contributed by atoms with Crippen LogP contribution in [0, 0.1) is 5.82 Å². The topological polar surface area (TPSA) is 130 Å². The number of likely N-dealkylation sites (N-methyl/N-ethyl adjacent to an activating group) is 1. The van der Waals surface area contributed by atoms with Gasteiger partial charge in [0.05, 0.1) is 6.20 Å². The number of anilines is 3. The zero-order chi connectivity index (χ0) is 24.5. The molecule has 1 fully saturated rings. The van der Waals surface area contributed by atoms with Crippen LogP contribution < -0.4 is 16.4 Å². The molecule has 0 radical (unpaired) electrons. The first kappa shape index (κ1) is 22.8. The number of halogens is 1. The van der Waals surface area contributed by atoms with Gasteiger partial charge in [-0.2, -0.15) is 4.98 Å². The van der Waals surface area contributed by atoms with Crippen LogP contribution in [0.25, 0.3) is 11.0 Å². The van der Waals surface area contributed by atoms with Crippen LogP contribution in [0.15, 0.2) is 46.1 Å². The Labute approximate surface area is 201 Å². The van der Waals surface area contributed by atoms with Crippen LogP contribution in [0.4, 0.5) is 21.8 Å². The van der Waals surface area contributed by atoms with Gasteiger partial charge in [0, 0.05) is 48.5 Å². The molecule has 5 rings (SSSR count). The van der Waals surface area contributed by atoms with E-state index in [-0.39, 0.29) is 17.7 Å². The number of furan rings is 1. The average molecular weight is 480 g/mol. The number of primary amides is 1. The summed E-state index contributed by atoms with van der Waals surface area (Å²) in [6, 6.07) is 7.05. The lowest BCUT2D eigenvalue weighted by Gasteiger charge is -2.31. The van der Waals surface area contributed by atoms with Crippen LogP contribution in [-0.4, -0.2) is 64.8 Å². The predicted molar refractivity (Wildman–Crippen MR) is 129 cm³/mol. The number of hydrogen-bond donors (Lipinski definition) is 3. The molecule has 4 N–H and O–H groups in total. The number of allylic oxidation sites excluding steroid dienone is 1. The summed E-state index contributed by atoms with van der Waals surface area (Å²) in [4.78, 5) is 36.6. The fourth-order valence-corrected chi connectivity index (χ4v) is 4.33. The van der Waals surface area contributed by atoms with Crippen LogP contribution >= 0.6 is 0 Å². The molecule has 2 amide bonds. The third-order valence-corrected chi connectivity index (χ3v) is 6.30. The summed E-state index contributed by atoms with van der Waals surface area (Å²) < 4.78 is 20.1. The van der Waals surface area contributed by atoms with E-state index in [1.807, 2.05) is 13.1 Å². The number of piperazine rings is 1. The smallest absolute Gasteiger partial charge is 0.289 e. The number of carbonyl (C=O) groups excluding carboxylic acids is 2. The van der Waals surface area contributed by atoms with Crippen LogP contribution in [0.5, 0.6) is 0 Å². The van der Waals surface area contributed by atoms with Gasteiger partial charge in [0.15, 0.2) is 17.4 Å². The highest BCUT2D eigenvalue weighted by atomic mass is 19.1. The van der Waals surface area contributed by atoms with Gasteiger partial charge in [-0.1, -0.05) is 0 Å². The second-order valence-corrected chi connectivity index (χ2v) is 8.77. The van der Waals surface area contributed by atoms with Crippen LogP contribution in [-0.2, 0) is 4.79 Å². The van der Waals surface area contributed by atoms with Crippen molar-refractivity contribution < 1.29 is 18.4 Å². The second-order valence-electron chi connectivity index (χ2n) is 8.77. The summed E-state index contributed by atoms with van der Waals surface area (Å²) >= 11 is 0. The van der Waals surface area contributed by atoms with Gasteiger partial charge >= 0.3 is 0 Å². The average Bonchev–Trinajstić information content (AvgIpc) is 3.48. The number of aromatic nitrogens is 2. The first-order valence-electron chi connectivity index (χ1n) is 11.5. The zero-order valence-corrected chi connectivity index (χ0v) is 19.3. The van der Waals surface area contributed by atoms with Crippen molar-refractivity contribution in [3.05, 3.63) is 53.3 Å². The lowest BCUT2D eigenvalue weighted by atomic mass is 10.2. The number of fused-ring (bicyclic) bond motifs is 1. The molecule has 3 aromatic rings. The lowest BCUT2D eigenvalue weighted by Crippen LogP contribution is -2.47. The Bertz CT molecular complexity index is 1330. The van der Waals surface area contributed by atoms with Crippen molar-refractivity contribution in [1.29, 1.82) is 0 Å². The zero-order valence-electron chi connectivity index (χ0n) is 19.3. The Morgan fingerprint density at radius 1 is 1.11 bits per heavy atom. The van der Waals surface area contributed by atoms with E-state index in [4.69, 9.17) is 10.2 Å². The summed E-state index contributed by atoms with van der Waals surface area (Å²) in [6.45, 7) is 2.98. The number of nitrogens with one attached hydrogen (secondary N) is 2. The predicted octanol–water partition coefficient (Wildman–Crippen LogP) is 2.83. The number of benzene rings is 1. The molecule has 11 heteroatoms. The molecule has 35 heavy (non-hydrogen) atoms. The molecule has 1 aliphatic heterocycles. The standard InChI is InChI=1S/C24H26FN7O3/c1-31-7-9-32(10-8-31)23(34)20-12-14-11-15(5-6-19(14)35-20)28-24-27-13-17(25)22(30-24)29-18-4-2-3-16(18)21(26)33/h5-6,11-13H,2-4,7-10H2,1H3,(H2,26,33)(H2,27,28,29,30). The number of amides is 2. The highest BCUT2D eigenvalue weighted by molar-refractivity contribution is 5.97. The minimum atomic E-state index is -0.642. The number of nitrogens with zero attached hydrogens (tertiary/aromatic N) is 4. The molecular weight excluding hydrogens is 453 g/mol. The van der Waals surface area contributed by atoms with Gasteiger partial charge in [-0.15, -0.1) is 0 Å². The third kappa shape index (κ3) is 4.80. The summed E-state index contributed by atoms with van der Waals surface area (Å²) in [7, 11) is 2.03. The van der Waals surface area contributed by atoms with E-state index in [9.17, 15) is 14.0 Å². The van der Waals surface area contributed by atoms with Gasteiger partial charge in [0.25, 0.3) is 5.91 Å². The van der Waals surface area contributed by atoms with Crippen molar-refractivity contribution in [3.8, 4) is 0 Å². The van der Waals surface area contributed by atoms with E-state index in [0.717, 1.165) is 31.1 Å². The molecule has 0 atom stereocenters. The Hall–Kier alpha value is -3.99. The van der Waals surface area contributed by atoms with E-state index in [1.165, 1.54) is 0 Å². The molecule has 3 heterocycles. The van der Waals surface area contributed by atoms with Crippen molar-refractivity contribution in [1.82, 2.24) is 19.8 Å². The van der Waals surface area contributed by atoms with E-state index in [2.05, 4.69) is 25.5 Å². The first-order valence-corrected chi connectivity index (χ1v) is 11.5. The van der Waals surface area contributed by atoms with Gasteiger partial charge in [0.1, 0.15) is 5.58 Å². The summed E-state index contributed by atoms with van der Waals surface area (Å²) in [6.07, 6.45) is 2.97. The molecule has 0 bridgehead atoms. The molecular formula is C24H26FN7O3. The van der Waals surface area contributed by atoms with Gasteiger partial charge in [-0.05, 0) is 50.6 Å². The molecule has 2 aromatic heterocycles. The highest BCUT2D eigenvalue weighted by Gasteiger charge is 2.24. The summed E-state index contributed by atoms with van der Waals surface area (Å²) in [5, 5.41) is 6.69. The molecule has 10 nitrogen and oxygen atoms in total. The SMILES string of the molecule is CN1CCN(C(=O)c2cc3cc(Nc4ncc(F)c(NC5=C(C(N)=O)CCC5)n4)ccc3o2)CC1. The molecule has 1 aliphatic carbocycles. The quantitative estimate of drug-likeness (QED) is 0.492. The van der Waals surface area contributed by atoms with Gasteiger partial charge in [-0.25, -0.2) is 9.37 Å². The van der Waals surface area contributed by atoms with Gasteiger partial charge in [0.2, 0.25) is 11.9 Å². The van der Waals surface area contributed by atoms with Crippen LogP contribution in [0.2, 0.25) is 0 Å². The fourth-order valence-electron chi connectivity index (χ4n) is 4.33. The highest BCUT2D eigenvalue weighted by Crippen LogP contribution is 2.29. The van der Waals surface area contributed by atoms with Gasteiger partial charge < -0.3 is 30.6 Å². The molecule has 182 valence electrons. The van der Waals surface area contributed by atoms with Gasteiger partial charge in [-0.3, -0.25) is 9.59 Å². The van der Waals surface area contributed by atoms with Crippen molar-refractivity contribution in [2.24, 2.45) is 5.73 Å². The Kier molecular flexibility index (Phi) is 6.08. The number of carbonyl (C=O) groups is 2. The van der Waals surface area contributed by atoms with E-state index < -0.39 is 11.7 Å². The number of rotatable bonds is 6. The minimum absolute atomic E-state index is 0.0393. The van der Waals surface area contributed by atoms with E-state index in [1.54, 1.807) is 23.1 Å². The maximum Gasteiger partial charge on any atom is 0.289 e. The Morgan fingerprint density at radius 2 is 1.91 bits per heavy atom. The van der Waals surface area contributed by atoms with E-state index in [0.29, 0.717) is 54.2 Å². The normalized spacial score (nSPS) is 16.7. The second kappa shape index (κ2) is 9.34. The van der Waals surface area contributed by atoms with Crippen LogP contribution in [0.3, 0.4) is 0 Å². The Morgan fingerprint density at radius 3 is 2.69 bits per heavy atom.